The second-order valence-electron chi connectivity index (χ2n) is 9.94. The van der Waals surface area contributed by atoms with Gasteiger partial charge in [-0.15, -0.1) is 0 Å². The average Bonchev–Trinajstić information content (AvgIpc) is 2.87. The third-order valence-electron chi connectivity index (χ3n) is 7.40. The summed E-state index contributed by atoms with van der Waals surface area (Å²) in [7, 11) is 0. The molecule has 2 aliphatic heterocycles. The molecular weight excluding hydrogens is 521 g/mol. The molecule has 2 aliphatic rings. The van der Waals surface area contributed by atoms with Crippen molar-refractivity contribution in [3.05, 3.63) is 64.7 Å². The Balaban J connectivity index is 1.20. The number of carbonyl (C=O) groups excluding carboxylic acids is 2. The van der Waals surface area contributed by atoms with E-state index in [4.69, 9.17) is 16.3 Å². The van der Waals surface area contributed by atoms with Crippen molar-refractivity contribution in [1.29, 1.82) is 0 Å². The van der Waals surface area contributed by atoms with E-state index in [0.717, 1.165) is 55.8 Å². The van der Waals surface area contributed by atoms with Crippen molar-refractivity contribution in [3.8, 4) is 5.75 Å². The molecule has 0 unspecified atom stereocenters. The Morgan fingerprint density at radius 3 is 2.24 bits per heavy atom. The first kappa shape index (κ1) is 28.2. The Kier molecular flexibility index (Phi) is 8.88. The number of benzene rings is 2. The topological polar surface area (TPSA) is 70.1 Å². The summed E-state index contributed by atoms with van der Waals surface area (Å²) in [6.07, 6.45) is -0.428. The number of aliphatic hydroxyl groups is 1. The Morgan fingerprint density at radius 2 is 1.66 bits per heavy atom. The smallest absolute Gasteiger partial charge is 0.430 e. The van der Waals surface area contributed by atoms with Gasteiger partial charge < -0.3 is 19.6 Å². The normalized spacial score (nSPS) is 18.0. The van der Waals surface area contributed by atoms with Crippen LogP contribution in [0, 0.1) is 5.92 Å². The highest BCUT2D eigenvalue weighted by Gasteiger charge is 2.62. The fraction of sp³-hybridized carbons (Fsp3) is 0.500. The maximum absolute atomic E-state index is 13.8. The largest absolute Gasteiger partial charge is 0.494 e. The van der Waals surface area contributed by atoms with Crippen LogP contribution < -0.4 is 4.74 Å². The van der Waals surface area contributed by atoms with E-state index in [1.54, 1.807) is 23.1 Å². The molecule has 0 aliphatic carbocycles. The molecule has 38 heavy (non-hydrogen) atoms. The Bertz CT molecular complexity index is 1120. The maximum atomic E-state index is 13.8. The molecule has 4 rings (SSSR count). The van der Waals surface area contributed by atoms with Gasteiger partial charge in [0.05, 0.1) is 17.2 Å². The molecule has 10 heteroatoms. The number of amides is 2. The van der Waals surface area contributed by atoms with E-state index in [1.165, 1.54) is 18.2 Å². The van der Waals surface area contributed by atoms with Crippen LogP contribution in [0.3, 0.4) is 0 Å². The van der Waals surface area contributed by atoms with Gasteiger partial charge in [0.25, 0.3) is 17.4 Å². The number of piperidine rings is 1. The quantitative estimate of drug-likeness (QED) is 0.422. The van der Waals surface area contributed by atoms with Crippen LogP contribution in [0.5, 0.6) is 5.75 Å². The Hall–Kier alpha value is -2.78. The zero-order chi connectivity index (χ0) is 27.3. The number of ether oxygens (including phenoxy) is 1. The highest BCUT2D eigenvalue weighted by atomic mass is 35.5. The van der Waals surface area contributed by atoms with Gasteiger partial charge in [0, 0.05) is 31.7 Å². The molecule has 206 valence electrons. The lowest BCUT2D eigenvalue weighted by Gasteiger charge is -2.38. The van der Waals surface area contributed by atoms with Crippen molar-refractivity contribution in [2.45, 2.75) is 50.3 Å². The molecule has 2 amide bonds. The predicted molar refractivity (Wildman–Crippen MR) is 137 cm³/mol. The first-order valence-corrected chi connectivity index (χ1v) is 13.3. The number of alkyl halides is 3. The molecule has 2 heterocycles. The van der Waals surface area contributed by atoms with Gasteiger partial charge in [0.1, 0.15) is 5.75 Å². The van der Waals surface area contributed by atoms with Crippen molar-refractivity contribution in [2.75, 3.05) is 32.8 Å². The number of unbranched alkanes of at least 4 members (excludes halogenated alkanes) is 1. The monoisotopic (exact) mass is 552 g/mol. The van der Waals surface area contributed by atoms with Gasteiger partial charge in [-0.25, -0.2) is 0 Å². The summed E-state index contributed by atoms with van der Waals surface area (Å²) in [5.41, 5.74) is -3.55. The van der Waals surface area contributed by atoms with E-state index in [-0.39, 0.29) is 24.9 Å². The summed E-state index contributed by atoms with van der Waals surface area (Å²) in [4.78, 5) is 28.1. The molecule has 0 saturated carbocycles. The van der Waals surface area contributed by atoms with Crippen LogP contribution in [0.4, 0.5) is 13.2 Å². The molecule has 0 bridgehead atoms. The lowest BCUT2D eigenvalue weighted by molar-refractivity contribution is -0.262. The molecule has 0 radical (unpaired) electrons. The zero-order valence-corrected chi connectivity index (χ0v) is 21.8. The minimum Gasteiger partial charge on any atom is -0.494 e. The fourth-order valence-electron chi connectivity index (χ4n) is 4.92. The van der Waals surface area contributed by atoms with Gasteiger partial charge in [0.2, 0.25) is 0 Å². The number of hydrogen-bond donors (Lipinski definition) is 1. The predicted octanol–water partition coefficient (Wildman–Crippen LogP) is 5.42. The third-order valence-corrected chi connectivity index (χ3v) is 7.72. The van der Waals surface area contributed by atoms with Crippen molar-refractivity contribution in [3.63, 3.8) is 0 Å². The Labute approximate surface area is 225 Å². The molecule has 2 aromatic carbocycles. The SMILES string of the molecule is O=C(c1ccc(OCCCCC2CCN(C(=O)[C@](O)(c3ccccc3)C(F)(F)F)CC2)cc1Cl)N1CCC1. The first-order valence-electron chi connectivity index (χ1n) is 13.0. The fourth-order valence-corrected chi connectivity index (χ4v) is 5.17. The van der Waals surface area contributed by atoms with Gasteiger partial charge in [0.15, 0.2) is 0 Å². The first-order chi connectivity index (χ1) is 18.1. The maximum Gasteiger partial charge on any atom is 0.430 e. The highest BCUT2D eigenvalue weighted by molar-refractivity contribution is 6.34. The van der Waals surface area contributed by atoms with Crippen molar-refractivity contribution < 1.29 is 32.6 Å². The summed E-state index contributed by atoms with van der Waals surface area (Å²) in [5.74, 6) is -0.503. The molecule has 6 nitrogen and oxygen atoms in total. The van der Waals surface area contributed by atoms with Crippen molar-refractivity contribution >= 4 is 23.4 Å². The average molecular weight is 553 g/mol. The number of likely N-dealkylation sites (tertiary alicyclic amines) is 2. The molecule has 1 N–H and O–H groups in total. The summed E-state index contributed by atoms with van der Waals surface area (Å²) < 4.78 is 47.3. The van der Waals surface area contributed by atoms with Crippen LogP contribution in [-0.4, -0.2) is 65.7 Å². The van der Waals surface area contributed by atoms with E-state index in [0.29, 0.717) is 35.8 Å². The number of nitrogens with zero attached hydrogens (tertiary/aromatic N) is 2. The van der Waals surface area contributed by atoms with Crippen LogP contribution in [-0.2, 0) is 10.4 Å². The van der Waals surface area contributed by atoms with Crippen LogP contribution >= 0.6 is 11.6 Å². The van der Waals surface area contributed by atoms with E-state index in [1.807, 2.05) is 0 Å². The van der Waals surface area contributed by atoms with Crippen LogP contribution in [0.25, 0.3) is 0 Å². The van der Waals surface area contributed by atoms with Crippen molar-refractivity contribution in [2.24, 2.45) is 5.92 Å². The highest BCUT2D eigenvalue weighted by Crippen LogP contribution is 2.41. The molecular formula is C28H32ClF3N2O4. The van der Waals surface area contributed by atoms with Gasteiger partial charge in [-0.3, -0.25) is 9.59 Å². The summed E-state index contributed by atoms with van der Waals surface area (Å²) in [6, 6.07) is 11.6. The lowest BCUT2D eigenvalue weighted by atomic mass is 9.88. The summed E-state index contributed by atoms with van der Waals surface area (Å²) >= 11 is 6.28. The molecule has 1 atom stereocenters. The minimum absolute atomic E-state index is 0.0660. The van der Waals surface area contributed by atoms with Gasteiger partial charge in [-0.2, -0.15) is 13.2 Å². The summed E-state index contributed by atoms with van der Waals surface area (Å²) in [5, 5.41) is 10.9. The summed E-state index contributed by atoms with van der Waals surface area (Å²) in [6.45, 7) is 2.33. The molecule has 0 aromatic heterocycles. The second-order valence-corrected chi connectivity index (χ2v) is 10.3. The van der Waals surface area contributed by atoms with Crippen LogP contribution in [0.1, 0.15) is 54.4 Å². The standard InChI is InChI=1S/C28H32ClF3N2O4/c29-24-19-22(10-11-23(24)25(35)33-14-6-15-33)38-18-5-4-7-20-12-16-34(17-13-20)26(36)27(37,28(30,31)32)21-8-2-1-3-9-21/h1-3,8-11,19-20,37H,4-7,12-18H2/t27-/m1/s1. The van der Waals surface area contributed by atoms with Crippen LogP contribution in [0.2, 0.25) is 5.02 Å². The lowest BCUT2D eigenvalue weighted by Crippen LogP contribution is -2.57. The number of carbonyl (C=O) groups is 2. The van der Waals surface area contributed by atoms with Crippen molar-refractivity contribution in [1.82, 2.24) is 9.80 Å². The molecule has 2 saturated heterocycles. The zero-order valence-electron chi connectivity index (χ0n) is 21.1. The van der Waals surface area contributed by atoms with Gasteiger partial charge in [-0.05, 0) is 56.2 Å². The second kappa shape index (κ2) is 11.9. The van der Waals surface area contributed by atoms with Crippen LogP contribution in [0.15, 0.2) is 48.5 Å². The Morgan fingerprint density at radius 1 is 0.974 bits per heavy atom. The van der Waals surface area contributed by atoms with Gasteiger partial charge in [-0.1, -0.05) is 48.4 Å². The van der Waals surface area contributed by atoms with E-state index < -0.39 is 23.2 Å². The molecule has 0 spiro atoms. The van der Waals surface area contributed by atoms with E-state index in [9.17, 15) is 27.9 Å². The number of hydrogen-bond acceptors (Lipinski definition) is 4. The number of rotatable bonds is 9. The van der Waals surface area contributed by atoms with E-state index >= 15 is 0 Å². The van der Waals surface area contributed by atoms with E-state index in [2.05, 4.69) is 0 Å². The minimum atomic E-state index is -5.13. The number of halogens is 4. The molecule has 2 fully saturated rings. The van der Waals surface area contributed by atoms with Gasteiger partial charge >= 0.3 is 6.18 Å². The molecule has 2 aromatic rings. The third kappa shape index (κ3) is 6.10.